The topological polar surface area (TPSA) is 17.1 Å². The van der Waals surface area contributed by atoms with Gasteiger partial charge in [0.05, 0.1) is 4.88 Å². The van der Waals surface area contributed by atoms with Gasteiger partial charge in [0.15, 0.2) is 0 Å². The van der Waals surface area contributed by atoms with Gasteiger partial charge in [-0.3, -0.25) is 4.79 Å². The van der Waals surface area contributed by atoms with Gasteiger partial charge in [0.1, 0.15) is 0 Å². The van der Waals surface area contributed by atoms with Crippen LogP contribution < -0.4 is 0 Å². The van der Waals surface area contributed by atoms with Crippen LogP contribution in [0.5, 0.6) is 0 Å². The second-order valence-corrected chi connectivity index (χ2v) is 8.07. The van der Waals surface area contributed by atoms with E-state index in [-0.39, 0.29) is 5.78 Å². The number of hydrogen-bond donors (Lipinski definition) is 0. The molecule has 0 atom stereocenters. The molecule has 0 saturated carbocycles. The summed E-state index contributed by atoms with van der Waals surface area (Å²) in [6.45, 7) is 8.32. The van der Waals surface area contributed by atoms with Crippen LogP contribution in [-0.2, 0) is 12.2 Å². The van der Waals surface area contributed by atoms with Crippen LogP contribution in [0.4, 0.5) is 0 Å². The lowest BCUT2D eigenvalue weighted by Gasteiger charge is -2.13. The Morgan fingerprint density at radius 1 is 1.05 bits per heavy atom. The molecule has 1 aliphatic heterocycles. The largest absolute Gasteiger partial charge is 0.288 e. The molecule has 0 radical (unpaired) electrons. The molecule has 0 spiro atoms. The van der Waals surface area contributed by atoms with Crippen LogP contribution >= 0.6 is 23.1 Å². The van der Waals surface area contributed by atoms with Gasteiger partial charge in [0, 0.05) is 16.2 Å². The maximum absolute atomic E-state index is 13.0. The zero-order valence-corrected chi connectivity index (χ0v) is 14.6. The van der Waals surface area contributed by atoms with Gasteiger partial charge < -0.3 is 0 Å². The van der Waals surface area contributed by atoms with E-state index in [2.05, 4.69) is 39.8 Å². The smallest absolute Gasteiger partial charge is 0.203 e. The van der Waals surface area contributed by atoms with Gasteiger partial charge in [-0.05, 0) is 73.8 Å². The van der Waals surface area contributed by atoms with Crippen molar-refractivity contribution in [1.82, 2.24) is 0 Å². The maximum Gasteiger partial charge on any atom is 0.203 e. The van der Waals surface area contributed by atoms with Gasteiger partial charge in [-0.2, -0.15) is 11.8 Å². The SMILES string of the molecule is Cc1cc(C)c(C)c(C(=O)c2cc3c(s2)CCSC3)c1C. The zero-order valence-electron chi connectivity index (χ0n) is 13.0. The van der Waals surface area contributed by atoms with Gasteiger partial charge in [-0.15, -0.1) is 11.3 Å². The molecule has 3 rings (SSSR count). The average Bonchev–Trinajstić information content (AvgIpc) is 2.89. The number of thioether (sulfide) groups is 1. The van der Waals surface area contributed by atoms with E-state index in [1.807, 2.05) is 11.8 Å². The molecule has 2 heterocycles. The third-order valence-electron chi connectivity index (χ3n) is 4.44. The fourth-order valence-corrected chi connectivity index (χ4v) is 5.26. The van der Waals surface area contributed by atoms with Crippen molar-refractivity contribution in [2.75, 3.05) is 5.75 Å². The van der Waals surface area contributed by atoms with Crippen molar-refractivity contribution in [2.24, 2.45) is 0 Å². The summed E-state index contributed by atoms with van der Waals surface area (Å²) in [5.74, 6) is 2.45. The molecular weight excluding hydrogens is 296 g/mol. The van der Waals surface area contributed by atoms with Crippen LogP contribution in [0.2, 0.25) is 0 Å². The van der Waals surface area contributed by atoms with Gasteiger partial charge >= 0.3 is 0 Å². The van der Waals surface area contributed by atoms with E-state index in [1.54, 1.807) is 11.3 Å². The van der Waals surface area contributed by atoms with Crippen molar-refractivity contribution in [3.63, 3.8) is 0 Å². The van der Waals surface area contributed by atoms with E-state index in [0.717, 1.165) is 33.7 Å². The molecule has 3 heteroatoms. The summed E-state index contributed by atoms with van der Waals surface area (Å²) in [5.41, 5.74) is 6.96. The van der Waals surface area contributed by atoms with Crippen molar-refractivity contribution in [1.29, 1.82) is 0 Å². The first kappa shape index (κ1) is 14.9. The van der Waals surface area contributed by atoms with Gasteiger partial charge in [0.2, 0.25) is 5.78 Å². The van der Waals surface area contributed by atoms with E-state index >= 15 is 0 Å². The highest BCUT2D eigenvalue weighted by Crippen LogP contribution is 2.34. The maximum atomic E-state index is 13.0. The summed E-state index contributed by atoms with van der Waals surface area (Å²) in [6, 6.07) is 4.31. The number of thiophene rings is 1. The minimum absolute atomic E-state index is 0.209. The molecular formula is C18H20OS2. The molecule has 0 unspecified atom stereocenters. The fourth-order valence-electron chi connectivity index (χ4n) is 2.94. The number of benzene rings is 1. The van der Waals surface area contributed by atoms with Crippen LogP contribution in [0, 0.1) is 27.7 Å². The number of carbonyl (C=O) groups is 1. The fraction of sp³-hybridized carbons (Fsp3) is 0.389. The predicted octanol–water partition coefficient (Wildman–Crippen LogP) is 5.00. The van der Waals surface area contributed by atoms with E-state index in [0.29, 0.717) is 0 Å². The Labute approximate surface area is 134 Å². The van der Waals surface area contributed by atoms with Crippen LogP contribution in [0.15, 0.2) is 12.1 Å². The lowest BCUT2D eigenvalue weighted by Crippen LogP contribution is -2.07. The number of ketones is 1. The molecule has 1 aromatic carbocycles. The molecule has 0 amide bonds. The molecule has 110 valence electrons. The Balaban J connectivity index is 2.09. The van der Waals surface area contributed by atoms with E-state index in [4.69, 9.17) is 0 Å². The molecule has 0 saturated heterocycles. The molecule has 1 aromatic heterocycles. The minimum atomic E-state index is 0.209. The van der Waals surface area contributed by atoms with Crippen molar-refractivity contribution < 1.29 is 4.79 Å². The van der Waals surface area contributed by atoms with Gasteiger partial charge in [0.25, 0.3) is 0 Å². The highest BCUT2D eigenvalue weighted by molar-refractivity contribution is 7.98. The lowest BCUT2D eigenvalue weighted by molar-refractivity contribution is 0.104. The van der Waals surface area contributed by atoms with Crippen molar-refractivity contribution in [3.8, 4) is 0 Å². The predicted molar refractivity (Wildman–Crippen MR) is 93.0 cm³/mol. The van der Waals surface area contributed by atoms with Gasteiger partial charge in [-0.1, -0.05) is 6.07 Å². The first-order valence-corrected chi connectivity index (χ1v) is 9.27. The number of rotatable bonds is 2. The Bertz CT molecular complexity index is 676. The molecule has 0 N–H and O–H groups in total. The quantitative estimate of drug-likeness (QED) is 0.725. The molecule has 0 aliphatic carbocycles. The van der Waals surface area contributed by atoms with E-state index in [9.17, 15) is 4.79 Å². The van der Waals surface area contributed by atoms with Crippen LogP contribution in [-0.4, -0.2) is 11.5 Å². The number of hydrogen-bond acceptors (Lipinski definition) is 3. The monoisotopic (exact) mass is 316 g/mol. The number of carbonyl (C=O) groups excluding carboxylic acids is 1. The summed E-state index contributed by atoms with van der Waals surface area (Å²) in [7, 11) is 0. The summed E-state index contributed by atoms with van der Waals surface area (Å²) >= 11 is 3.67. The zero-order chi connectivity index (χ0) is 15.1. The van der Waals surface area contributed by atoms with Crippen molar-refractivity contribution in [3.05, 3.63) is 55.3 Å². The summed E-state index contributed by atoms with van der Waals surface area (Å²) in [5, 5.41) is 0. The second kappa shape index (κ2) is 5.62. The lowest BCUT2D eigenvalue weighted by atomic mass is 9.91. The highest BCUT2D eigenvalue weighted by Gasteiger charge is 2.22. The highest BCUT2D eigenvalue weighted by atomic mass is 32.2. The Morgan fingerprint density at radius 2 is 1.71 bits per heavy atom. The number of aryl methyl sites for hydroxylation is 3. The third kappa shape index (κ3) is 2.58. The number of fused-ring (bicyclic) bond motifs is 1. The van der Waals surface area contributed by atoms with Crippen LogP contribution in [0.25, 0.3) is 0 Å². The Kier molecular flexibility index (Phi) is 3.98. The molecule has 0 bridgehead atoms. The van der Waals surface area contributed by atoms with Crippen LogP contribution in [0.3, 0.4) is 0 Å². The normalized spacial score (nSPS) is 14.1. The molecule has 1 nitrogen and oxygen atoms in total. The first-order valence-electron chi connectivity index (χ1n) is 7.30. The molecule has 0 fully saturated rings. The van der Waals surface area contributed by atoms with Crippen molar-refractivity contribution >= 4 is 28.9 Å². The molecule has 1 aliphatic rings. The first-order chi connectivity index (χ1) is 9.99. The second-order valence-electron chi connectivity index (χ2n) is 5.83. The van der Waals surface area contributed by atoms with Crippen molar-refractivity contribution in [2.45, 2.75) is 39.9 Å². The van der Waals surface area contributed by atoms with E-state index in [1.165, 1.54) is 27.3 Å². The molecule has 2 aromatic rings. The van der Waals surface area contributed by atoms with Crippen LogP contribution in [0.1, 0.15) is 47.9 Å². The minimum Gasteiger partial charge on any atom is -0.288 e. The Morgan fingerprint density at radius 3 is 2.33 bits per heavy atom. The summed E-state index contributed by atoms with van der Waals surface area (Å²) in [6.07, 6.45) is 1.11. The average molecular weight is 316 g/mol. The van der Waals surface area contributed by atoms with E-state index < -0.39 is 0 Å². The standard InChI is InChI=1S/C18H20OS2/c1-10-7-11(2)13(4)17(12(10)3)18(19)16-8-14-9-20-6-5-15(14)21-16/h7-8H,5-6,9H2,1-4H3. The summed E-state index contributed by atoms with van der Waals surface area (Å²) in [4.78, 5) is 15.3. The molecule has 21 heavy (non-hydrogen) atoms. The van der Waals surface area contributed by atoms with Gasteiger partial charge in [-0.25, -0.2) is 0 Å². The summed E-state index contributed by atoms with van der Waals surface area (Å²) < 4.78 is 0. The Hall–Kier alpha value is -1.06. The third-order valence-corrected chi connectivity index (χ3v) is 6.69.